The van der Waals surface area contributed by atoms with Crippen LogP contribution in [-0.2, 0) is 4.74 Å². The summed E-state index contributed by atoms with van der Waals surface area (Å²) in [4.78, 5) is 9.83. The van der Waals surface area contributed by atoms with Crippen LogP contribution in [0.1, 0.15) is 5.56 Å². The van der Waals surface area contributed by atoms with E-state index in [1.165, 1.54) is 13.3 Å². The molecule has 0 unspecified atom stereocenters. The fourth-order valence-electron chi connectivity index (χ4n) is 2.42. The molecule has 2 N–H and O–H groups in total. The zero-order valence-electron chi connectivity index (χ0n) is 13.9. The van der Waals surface area contributed by atoms with Crippen LogP contribution in [0.4, 0.5) is 16.2 Å². The van der Waals surface area contributed by atoms with Crippen molar-refractivity contribution in [3.05, 3.63) is 34.2 Å². The highest BCUT2D eigenvalue weighted by atomic mass is 79.9. The number of ether oxygens (including phenoxy) is 2. The summed E-state index contributed by atoms with van der Waals surface area (Å²) in [5, 5.41) is 14.1. The van der Waals surface area contributed by atoms with Crippen LogP contribution in [0.25, 0.3) is 0 Å². The molecule has 138 valence electrons. The van der Waals surface area contributed by atoms with Gasteiger partial charge in [0.05, 0.1) is 32.7 Å². The first-order valence-electron chi connectivity index (χ1n) is 7.79. The third-order valence-corrected chi connectivity index (χ3v) is 4.15. The number of phenols is 1. The monoisotopic (exact) mass is 425 g/mol. The molecule has 1 fully saturated rings. The fourth-order valence-corrected chi connectivity index (χ4v) is 2.87. The number of aromatic nitrogens is 2. The number of methoxy groups -OCH3 is 1. The molecule has 0 amide bonds. The average molecular weight is 426 g/mol. The molecule has 0 radical (unpaired) electrons. The molecule has 0 saturated carbocycles. The number of benzene rings is 1. The number of rotatable bonds is 5. The molecular weight excluding hydrogens is 409 g/mol. The van der Waals surface area contributed by atoms with Gasteiger partial charge in [0.25, 0.3) is 0 Å². The second kappa shape index (κ2) is 8.28. The molecule has 0 aliphatic carbocycles. The van der Waals surface area contributed by atoms with E-state index in [0.29, 0.717) is 37.6 Å². The number of hydrogen-bond acceptors (Lipinski definition) is 8. The summed E-state index contributed by atoms with van der Waals surface area (Å²) in [7, 11) is 1.46. The van der Waals surface area contributed by atoms with Crippen LogP contribution in [0.2, 0.25) is 0 Å². The molecule has 8 nitrogen and oxygen atoms in total. The molecule has 2 aromatic rings. The summed E-state index contributed by atoms with van der Waals surface area (Å²) in [5.41, 5.74) is 3.07. The molecule has 1 aliphatic rings. The number of hydrogen-bond donors (Lipinski definition) is 2. The first-order chi connectivity index (χ1) is 12.6. The first kappa shape index (κ1) is 18.3. The molecule has 1 aliphatic heterocycles. The van der Waals surface area contributed by atoms with Crippen LogP contribution in [-0.4, -0.2) is 54.7 Å². The number of hydrazone groups is 1. The second-order valence-corrected chi connectivity index (χ2v) is 6.30. The molecule has 3 rings (SSSR count). The highest BCUT2D eigenvalue weighted by Gasteiger charge is 2.17. The van der Waals surface area contributed by atoms with Crippen molar-refractivity contribution >= 4 is 33.9 Å². The Morgan fingerprint density at radius 1 is 1.42 bits per heavy atom. The van der Waals surface area contributed by atoms with Crippen molar-refractivity contribution in [3.8, 4) is 11.5 Å². The van der Waals surface area contributed by atoms with E-state index in [0.717, 1.165) is 10.7 Å². The van der Waals surface area contributed by atoms with Crippen LogP contribution >= 0.6 is 15.9 Å². The van der Waals surface area contributed by atoms with Crippen LogP contribution in [0.15, 0.2) is 27.9 Å². The van der Waals surface area contributed by atoms with Gasteiger partial charge >= 0.3 is 0 Å². The van der Waals surface area contributed by atoms with Crippen molar-refractivity contribution in [2.24, 2.45) is 5.10 Å². The zero-order valence-corrected chi connectivity index (χ0v) is 15.5. The Labute approximate surface area is 157 Å². The van der Waals surface area contributed by atoms with Gasteiger partial charge in [0.15, 0.2) is 23.1 Å². The molecule has 0 bridgehead atoms. The van der Waals surface area contributed by atoms with Gasteiger partial charge in [-0.05, 0) is 12.1 Å². The average Bonchev–Trinajstić information content (AvgIpc) is 2.66. The van der Waals surface area contributed by atoms with Gasteiger partial charge in [0, 0.05) is 23.1 Å². The van der Waals surface area contributed by atoms with Crippen molar-refractivity contribution < 1.29 is 19.0 Å². The number of aromatic hydroxyl groups is 1. The Hall–Kier alpha value is -2.46. The minimum atomic E-state index is -0.504. The van der Waals surface area contributed by atoms with Crippen molar-refractivity contribution in [1.29, 1.82) is 0 Å². The lowest BCUT2D eigenvalue weighted by molar-refractivity contribution is 0.122. The van der Waals surface area contributed by atoms with Gasteiger partial charge < -0.3 is 19.5 Å². The Balaban J connectivity index is 1.76. The standard InChI is InChI=1S/C16H17BrFN5O3/c1-25-13-7-11(17)6-10(14(13)24)8-20-22-16-19-9-12(18)15(21-16)23-2-4-26-5-3-23/h6-9,24H,2-5H2,1H3,(H,19,21,22). The summed E-state index contributed by atoms with van der Waals surface area (Å²) in [5.74, 6) is 0.109. The molecule has 1 saturated heterocycles. The Morgan fingerprint density at radius 3 is 2.92 bits per heavy atom. The van der Waals surface area contributed by atoms with Crippen molar-refractivity contribution in [3.63, 3.8) is 0 Å². The van der Waals surface area contributed by atoms with E-state index in [-0.39, 0.29) is 17.5 Å². The van der Waals surface area contributed by atoms with Gasteiger partial charge in [0.2, 0.25) is 5.95 Å². The minimum absolute atomic E-state index is 0.0460. The van der Waals surface area contributed by atoms with Crippen molar-refractivity contribution in [1.82, 2.24) is 9.97 Å². The molecule has 26 heavy (non-hydrogen) atoms. The van der Waals surface area contributed by atoms with Gasteiger partial charge in [0.1, 0.15) is 0 Å². The second-order valence-electron chi connectivity index (χ2n) is 5.38. The number of anilines is 2. The molecule has 0 atom stereocenters. The van der Waals surface area contributed by atoms with Crippen LogP contribution in [0, 0.1) is 5.82 Å². The summed E-state index contributed by atoms with van der Waals surface area (Å²) < 4.78 is 25.1. The predicted molar refractivity (Wildman–Crippen MR) is 98.6 cm³/mol. The van der Waals surface area contributed by atoms with Gasteiger partial charge in [-0.1, -0.05) is 15.9 Å². The van der Waals surface area contributed by atoms with E-state index >= 15 is 0 Å². The normalized spacial score (nSPS) is 14.7. The third-order valence-electron chi connectivity index (χ3n) is 3.69. The summed E-state index contributed by atoms with van der Waals surface area (Å²) >= 11 is 3.33. The van der Waals surface area contributed by atoms with E-state index < -0.39 is 5.82 Å². The Kier molecular flexibility index (Phi) is 5.84. The molecule has 1 aromatic carbocycles. The predicted octanol–water partition coefficient (Wildman–Crippen LogP) is 2.38. The molecule has 1 aromatic heterocycles. The number of nitrogens with one attached hydrogen (secondary N) is 1. The van der Waals surface area contributed by atoms with Crippen molar-refractivity contribution in [2.45, 2.75) is 0 Å². The third kappa shape index (κ3) is 4.20. The van der Waals surface area contributed by atoms with Gasteiger partial charge in [-0.25, -0.2) is 14.8 Å². The van der Waals surface area contributed by atoms with Gasteiger partial charge in [-0.15, -0.1) is 0 Å². The largest absolute Gasteiger partial charge is 0.504 e. The minimum Gasteiger partial charge on any atom is -0.504 e. The summed E-state index contributed by atoms with van der Waals surface area (Å²) in [6.45, 7) is 2.16. The van der Waals surface area contributed by atoms with Crippen molar-refractivity contribution in [2.75, 3.05) is 43.7 Å². The molecule has 10 heteroatoms. The topological polar surface area (TPSA) is 92.1 Å². The summed E-state index contributed by atoms with van der Waals surface area (Å²) in [6.07, 6.45) is 2.49. The van der Waals surface area contributed by atoms with Gasteiger partial charge in [-0.3, -0.25) is 0 Å². The quantitative estimate of drug-likeness (QED) is 0.560. The van der Waals surface area contributed by atoms with Gasteiger partial charge in [-0.2, -0.15) is 10.1 Å². The lowest BCUT2D eigenvalue weighted by Gasteiger charge is -2.27. The summed E-state index contributed by atoms with van der Waals surface area (Å²) in [6, 6.07) is 3.31. The molecular formula is C16H17BrFN5O3. The zero-order chi connectivity index (χ0) is 18.5. The smallest absolute Gasteiger partial charge is 0.245 e. The Bertz CT molecular complexity index is 815. The van der Waals surface area contributed by atoms with Crippen LogP contribution < -0.4 is 15.1 Å². The Morgan fingerprint density at radius 2 is 2.19 bits per heavy atom. The highest BCUT2D eigenvalue weighted by molar-refractivity contribution is 9.10. The lowest BCUT2D eigenvalue weighted by atomic mass is 10.2. The fraction of sp³-hybridized carbons (Fsp3) is 0.312. The number of nitrogens with zero attached hydrogens (tertiary/aromatic N) is 4. The molecule has 0 spiro atoms. The van der Waals surface area contributed by atoms with E-state index in [4.69, 9.17) is 9.47 Å². The highest BCUT2D eigenvalue weighted by Crippen LogP contribution is 2.32. The van der Waals surface area contributed by atoms with Crippen LogP contribution in [0.5, 0.6) is 11.5 Å². The van der Waals surface area contributed by atoms with Crippen LogP contribution in [0.3, 0.4) is 0 Å². The van der Waals surface area contributed by atoms with E-state index in [1.54, 1.807) is 17.0 Å². The maximum absolute atomic E-state index is 14.0. The number of halogens is 2. The first-order valence-corrected chi connectivity index (χ1v) is 8.58. The maximum atomic E-state index is 14.0. The number of morpholine rings is 1. The SMILES string of the molecule is COc1cc(Br)cc(C=NNc2ncc(F)c(N3CCOCC3)n2)c1O. The number of phenolic OH excluding ortho intramolecular Hbond substituents is 1. The lowest BCUT2D eigenvalue weighted by Crippen LogP contribution is -2.37. The van der Waals surface area contributed by atoms with E-state index in [1.807, 2.05) is 0 Å². The van der Waals surface area contributed by atoms with E-state index in [9.17, 15) is 9.50 Å². The maximum Gasteiger partial charge on any atom is 0.245 e. The van der Waals surface area contributed by atoms with E-state index in [2.05, 4.69) is 36.4 Å². The molecule has 2 heterocycles.